The summed E-state index contributed by atoms with van der Waals surface area (Å²) < 4.78 is 0. The molecule has 94 valence electrons. The molecule has 0 aliphatic carbocycles. The molecule has 6 heteroatoms. The Hall–Kier alpha value is -0.980. The molecule has 0 aliphatic rings. The van der Waals surface area contributed by atoms with E-state index >= 15 is 0 Å². The Morgan fingerprint density at radius 3 is 2.06 bits per heavy atom. The molecule has 0 fully saturated rings. The highest BCUT2D eigenvalue weighted by atomic mass is 16.2. The highest BCUT2D eigenvalue weighted by molar-refractivity contribution is 5.89. The molecule has 0 heterocycles. The van der Waals surface area contributed by atoms with Gasteiger partial charge in [-0.2, -0.15) is 0 Å². The van der Waals surface area contributed by atoms with Crippen LogP contribution in [0.4, 0.5) is 0 Å². The van der Waals surface area contributed by atoms with Crippen molar-refractivity contribution in [3.8, 4) is 0 Å². The molecule has 1 unspecified atom stereocenters. The van der Waals surface area contributed by atoms with Crippen molar-refractivity contribution in [3.63, 3.8) is 0 Å². The Balaban J connectivity index is 4.23. The summed E-state index contributed by atoms with van der Waals surface area (Å²) in [6, 6.07) is -0.712. The van der Waals surface area contributed by atoms with Crippen molar-refractivity contribution in [1.29, 1.82) is 0 Å². The van der Waals surface area contributed by atoms with Gasteiger partial charge in [-0.05, 0) is 0 Å². The van der Waals surface area contributed by atoms with Gasteiger partial charge in [0.2, 0.25) is 5.91 Å². The van der Waals surface area contributed by atoms with Gasteiger partial charge in [-0.1, -0.05) is 6.92 Å². The highest BCUT2D eigenvalue weighted by Gasteiger charge is 2.19. The largest absolute Gasteiger partial charge is 0.340 e. The topological polar surface area (TPSA) is 115 Å². The summed E-state index contributed by atoms with van der Waals surface area (Å²) in [7, 11) is 0. The summed E-state index contributed by atoms with van der Waals surface area (Å²) >= 11 is 0. The van der Waals surface area contributed by atoms with E-state index in [1.54, 1.807) is 11.8 Å². The van der Waals surface area contributed by atoms with Crippen molar-refractivity contribution in [2.24, 2.45) is 17.2 Å². The zero-order valence-corrected chi connectivity index (χ0v) is 9.82. The fourth-order valence-corrected chi connectivity index (χ4v) is 1.37. The molecule has 0 saturated carbocycles. The third kappa shape index (κ3) is 5.20. The van der Waals surface area contributed by atoms with Crippen LogP contribution in [0, 0.1) is 0 Å². The van der Waals surface area contributed by atoms with Crippen LogP contribution < -0.4 is 17.2 Å². The average Bonchev–Trinajstić information content (AvgIpc) is 2.27. The van der Waals surface area contributed by atoms with E-state index in [0.29, 0.717) is 32.6 Å². The van der Waals surface area contributed by atoms with E-state index in [9.17, 15) is 9.59 Å². The Morgan fingerprint density at radius 2 is 1.69 bits per heavy atom. The molecule has 0 bridgehead atoms. The van der Waals surface area contributed by atoms with E-state index < -0.39 is 6.04 Å². The van der Waals surface area contributed by atoms with Crippen LogP contribution in [0.3, 0.4) is 0 Å². The predicted octanol–water partition coefficient (Wildman–Crippen LogP) is -1.57. The maximum atomic E-state index is 11.7. The van der Waals surface area contributed by atoms with Crippen LogP contribution in [-0.4, -0.2) is 48.8 Å². The lowest BCUT2D eigenvalue weighted by molar-refractivity contribution is -0.133. The number of nitrogens with two attached hydrogens (primary N) is 3. The molecule has 0 radical (unpaired) electrons. The van der Waals surface area contributed by atoms with Gasteiger partial charge in [-0.15, -0.1) is 0 Å². The molecule has 1 atom stereocenters. The summed E-state index contributed by atoms with van der Waals surface area (Å²) in [4.78, 5) is 24.5. The first-order valence-electron chi connectivity index (χ1n) is 5.53. The summed E-state index contributed by atoms with van der Waals surface area (Å²) in [6.07, 6.45) is 0.384. The molecular formula is C10H22N4O2. The third-order valence-corrected chi connectivity index (χ3v) is 2.31. The Labute approximate surface area is 96.1 Å². The van der Waals surface area contributed by atoms with E-state index in [4.69, 9.17) is 17.2 Å². The van der Waals surface area contributed by atoms with Gasteiger partial charge < -0.3 is 22.1 Å². The van der Waals surface area contributed by atoms with Gasteiger partial charge in [0.05, 0.1) is 6.04 Å². The van der Waals surface area contributed by atoms with Gasteiger partial charge >= 0.3 is 0 Å². The number of rotatable bonds is 8. The molecule has 0 aliphatic heterocycles. The number of nitrogens with zero attached hydrogens (tertiary/aromatic N) is 1. The van der Waals surface area contributed by atoms with Crippen molar-refractivity contribution >= 4 is 11.7 Å². The van der Waals surface area contributed by atoms with Crippen LogP contribution in [-0.2, 0) is 9.59 Å². The standard InChI is InChI=1S/C10H22N4O2/c1-2-9(15)8(13)7-10(16)14(5-3-11)6-4-12/h8H,2-7,11-13H2,1H3. The Kier molecular flexibility index (Phi) is 7.70. The Morgan fingerprint density at radius 1 is 1.19 bits per heavy atom. The van der Waals surface area contributed by atoms with E-state index in [0.717, 1.165) is 0 Å². The van der Waals surface area contributed by atoms with Gasteiger partial charge in [-0.25, -0.2) is 0 Å². The second kappa shape index (κ2) is 8.20. The first-order valence-corrected chi connectivity index (χ1v) is 5.53. The highest BCUT2D eigenvalue weighted by Crippen LogP contribution is 1.99. The lowest BCUT2D eigenvalue weighted by atomic mass is 10.1. The van der Waals surface area contributed by atoms with Gasteiger partial charge in [0.15, 0.2) is 0 Å². The van der Waals surface area contributed by atoms with Gasteiger partial charge in [0.1, 0.15) is 5.78 Å². The van der Waals surface area contributed by atoms with Crippen LogP contribution in [0.15, 0.2) is 0 Å². The summed E-state index contributed by atoms with van der Waals surface area (Å²) in [6.45, 7) is 3.38. The quantitative estimate of drug-likeness (QED) is 0.466. The van der Waals surface area contributed by atoms with E-state index in [1.165, 1.54) is 0 Å². The maximum Gasteiger partial charge on any atom is 0.224 e. The van der Waals surface area contributed by atoms with Crippen molar-refractivity contribution in [1.82, 2.24) is 4.90 Å². The molecule has 0 aromatic rings. The molecular weight excluding hydrogens is 208 g/mol. The Bertz CT molecular complexity index is 227. The molecule has 6 N–H and O–H groups in total. The molecule has 0 saturated heterocycles. The summed E-state index contributed by atoms with van der Waals surface area (Å²) in [5.74, 6) is -0.265. The molecule has 0 rings (SSSR count). The van der Waals surface area contributed by atoms with Crippen molar-refractivity contribution in [2.75, 3.05) is 26.2 Å². The second-order valence-electron chi connectivity index (χ2n) is 3.59. The maximum absolute atomic E-state index is 11.7. The third-order valence-electron chi connectivity index (χ3n) is 2.31. The number of carbonyl (C=O) groups is 2. The van der Waals surface area contributed by atoms with Crippen LogP contribution >= 0.6 is 0 Å². The minimum absolute atomic E-state index is 0.0344. The predicted molar refractivity (Wildman–Crippen MR) is 62.6 cm³/mol. The molecule has 0 aromatic heterocycles. The van der Waals surface area contributed by atoms with Crippen LogP contribution in [0.5, 0.6) is 0 Å². The second-order valence-corrected chi connectivity index (χ2v) is 3.59. The minimum Gasteiger partial charge on any atom is -0.340 e. The minimum atomic E-state index is -0.712. The first-order chi connectivity index (χ1) is 7.56. The number of hydrogen-bond acceptors (Lipinski definition) is 5. The van der Waals surface area contributed by atoms with Crippen molar-refractivity contribution < 1.29 is 9.59 Å². The fraction of sp³-hybridized carbons (Fsp3) is 0.800. The number of amides is 1. The number of carbonyl (C=O) groups excluding carboxylic acids is 2. The van der Waals surface area contributed by atoms with Crippen LogP contribution in [0.25, 0.3) is 0 Å². The van der Waals surface area contributed by atoms with E-state index in [1.807, 2.05) is 0 Å². The molecule has 16 heavy (non-hydrogen) atoms. The van der Waals surface area contributed by atoms with Crippen LogP contribution in [0.1, 0.15) is 19.8 Å². The van der Waals surface area contributed by atoms with Crippen LogP contribution in [0.2, 0.25) is 0 Å². The number of Topliss-reactive ketones (excluding diaryl/α,β-unsaturated/α-hetero) is 1. The van der Waals surface area contributed by atoms with Gasteiger partial charge in [-0.3, -0.25) is 9.59 Å². The fourth-order valence-electron chi connectivity index (χ4n) is 1.37. The van der Waals surface area contributed by atoms with E-state index in [2.05, 4.69) is 0 Å². The van der Waals surface area contributed by atoms with Gasteiger partial charge in [0.25, 0.3) is 0 Å². The molecule has 0 spiro atoms. The number of ketones is 1. The van der Waals surface area contributed by atoms with Crippen molar-refractivity contribution in [2.45, 2.75) is 25.8 Å². The zero-order chi connectivity index (χ0) is 12.6. The zero-order valence-electron chi connectivity index (χ0n) is 9.82. The monoisotopic (exact) mass is 230 g/mol. The molecule has 1 amide bonds. The lowest BCUT2D eigenvalue weighted by Crippen LogP contribution is -2.43. The smallest absolute Gasteiger partial charge is 0.224 e. The normalized spacial score (nSPS) is 12.2. The van der Waals surface area contributed by atoms with Gasteiger partial charge in [0, 0.05) is 39.0 Å². The SMILES string of the molecule is CCC(=O)C(N)CC(=O)N(CCN)CCN. The lowest BCUT2D eigenvalue weighted by Gasteiger charge is -2.22. The van der Waals surface area contributed by atoms with Crippen molar-refractivity contribution in [3.05, 3.63) is 0 Å². The number of hydrogen-bond donors (Lipinski definition) is 3. The van der Waals surface area contributed by atoms with E-state index in [-0.39, 0.29) is 18.1 Å². The first kappa shape index (κ1) is 15.0. The molecule has 6 nitrogen and oxygen atoms in total. The summed E-state index contributed by atoms with van der Waals surface area (Å²) in [5.41, 5.74) is 16.4. The summed E-state index contributed by atoms with van der Waals surface area (Å²) in [5, 5.41) is 0. The molecule has 0 aromatic carbocycles. The average molecular weight is 230 g/mol.